The fourth-order valence-electron chi connectivity index (χ4n) is 4.28. The van der Waals surface area contributed by atoms with Crippen LogP contribution in [0.4, 0.5) is 9.59 Å². The second-order valence-corrected chi connectivity index (χ2v) is 9.23. The second-order valence-electron chi connectivity index (χ2n) is 8.25. The second kappa shape index (κ2) is 12.0. The predicted octanol–water partition coefficient (Wildman–Crippen LogP) is 3.17. The molecule has 0 saturated carbocycles. The zero-order valence-corrected chi connectivity index (χ0v) is 19.3. The minimum Gasteiger partial charge on any atom is -0.450 e. The van der Waals surface area contributed by atoms with E-state index >= 15 is 0 Å². The highest BCUT2D eigenvalue weighted by Crippen LogP contribution is 2.21. The highest BCUT2D eigenvalue weighted by atomic mass is 32.1. The highest BCUT2D eigenvalue weighted by Gasteiger charge is 2.28. The molecule has 2 saturated heterocycles. The summed E-state index contributed by atoms with van der Waals surface area (Å²) in [5.74, 6) is 0.580. The minimum absolute atomic E-state index is 0.0266. The number of thiazole rings is 1. The molecule has 0 aromatic carbocycles. The van der Waals surface area contributed by atoms with Crippen LogP contribution in [0.2, 0.25) is 0 Å². The van der Waals surface area contributed by atoms with Crippen molar-refractivity contribution in [1.82, 2.24) is 25.0 Å². The van der Waals surface area contributed by atoms with Crippen molar-refractivity contribution >= 4 is 23.5 Å². The smallest absolute Gasteiger partial charge is 0.409 e. The van der Waals surface area contributed by atoms with E-state index in [0.29, 0.717) is 25.6 Å². The van der Waals surface area contributed by atoms with Crippen LogP contribution in [0.1, 0.15) is 37.6 Å². The Kier molecular flexibility index (Phi) is 9.14. The van der Waals surface area contributed by atoms with E-state index in [9.17, 15) is 9.59 Å². The molecule has 3 rings (SSSR count). The first kappa shape index (κ1) is 23.5. The molecule has 0 spiro atoms. The van der Waals surface area contributed by atoms with Crippen molar-refractivity contribution in [3.63, 3.8) is 0 Å². The maximum atomic E-state index is 12.7. The third-order valence-corrected chi connectivity index (χ3v) is 6.76. The fraction of sp³-hybridized carbons (Fsp3) is 0.682. The Labute approximate surface area is 189 Å². The molecule has 0 aliphatic carbocycles. The number of hydrogen-bond donors (Lipinski definition) is 1. The van der Waals surface area contributed by atoms with Crippen molar-refractivity contribution in [3.05, 3.63) is 29.2 Å². The first-order chi connectivity index (χ1) is 15.1. The lowest BCUT2D eigenvalue weighted by molar-refractivity contribution is 0.0945. The summed E-state index contributed by atoms with van der Waals surface area (Å²) in [4.78, 5) is 35.0. The molecule has 8 nitrogen and oxygen atoms in total. The number of ether oxygens (including phenoxy) is 1. The molecule has 0 unspecified atom stereocenters. The van der Waals surface area contributed by atoms with Gasteiger partial charge in [0.2, 0.25) is 0 Å². The monoisotopic (exact) mass is 449 g/mol. The Balaban J connectivity index is 1.37. The molecule has 2 aliphatic heterocycles. The first-order valence-electron chi connectivity index (χ1n) is 11.3. The van der Waals surface area contributed by atoms with Gasteiger partial charge in [0.1, 0.15) is 5.01 Å². The lowest BCUT2D eigenvalue weighted by atomic mass is 9.96. The van der Waals surface area contributed by atoms with Gasteiger partial charge in [-0.15, -0.1) is 17.9 Å². The molecule has 2 aliphatic rings. The quantitative estimate of drug-likeness (QED) is 0.617. The van der Waals surface area contributed by atoms with Crippen LogP contribution >= 0.6 is 11.3 Å². The summed E-state index contributed by atoms with van der Waals surface area (Å²) in [6, 6.07) is 0.149. The van der Waals surface area contributed by atoms with E-state index in [1.807, 2.05) is 29.5 Å². The number of nitrogens with zero attached hydrogens (tertiary/aromatic N) is 4. The summed E-state index contributed by atoms with van der Waals surface area (Å²) in [6.07, 6.45) is 7.12. The molecule has 1 N–H and O–H groups in total. The van der Waals surface area contributed by atoms with E-state index in [1.54, 1.807) is 16.2 Å². The minimum atomic E-state index is -0.255. The molecule has 3 heterocycles. The third kappa shape index (κ3) is 7.21. The van der Waals surface area contributed by atoms with Crippen LogP contribution < -0.4 is 5.32 Å². The number of rotatable bonds is 8. The van der Waals surface area contributed by atoms with E-state index in [0.717, 1.165) is 63.4 Å². The topological polar surface area (TPSA) is 78.0 Å². The molecule has 3 amide bonds. The SMILES string of the molecule is C=CCN(Cc1nccs1)CC1CCN(C(=O)NC2CCN(C(=O)OCC)CC2)CC1. The summed E-state index contributed by atoms with van der Waals surface area (Å²) in [5, 5.41) is 6.31. The Morgan fingerprint density at radius 2 is 1.97 bits per heavy atom. The van der Waals surface area contributed by atoms with E-state index in [2.05, 4.69) is 21.8 Å². The summed E-state index contributed by atoms with van der Waals surface area (Å²) in [5.41, 5.74) is 0. The van der Waals surface area contributed by atoms with Crippen molar-refractivity contribution in [2.75, 3.05) is 45.9 Å². The molecule has 31 heavy (non-hydrogen) atoms. The standard InChI is InChI=1S/C22H35N5O3S/c1-3-10-25(17-20-23-9-15-31-20)16-18-5-11-26(12-6-18)21(28)24-19-7-13-27(14-8-19)22(29)30-4-2/h3,9,15,18-19H,1,4-8,10-14,16-17H2,2H3,(H,24,28). The normalized spacial score (nSPS) is 18.3. The van der Waals surface area contributed by atoms with E-state index in [1.165, 1.54) is 0 Å². The summed E-state index contributed by atoms with van der Waals surface area (Å²) in [6.45, 7) is 11.6. The van der Waals surface area contributed by atoms with Crippen molar-refractivity contribution < 1.29 is 14.3 Å². The third-order valence-electron chi connectivity index (χ3n) is 6.00. The fourth-order valence-corrected chi connectivity index (χ4v) is 4.94. The van der Waals surface area contributed by atoms with E-state index in [-0.39, 0.29) is 18.2 Å². The number of hydrogen-bond acceptors (Lipinski definition) is 6. The molecule has 1 aromatic rings. The van der Waals surface area contributed by atoms with Gasteiger partial charge >= 0.3 is 12.1 Å². The van der Waals surface area contributed by atoms with Crippen LogP contribution in [0.15, 0.2) is 24.2 Å². The van der Waals surface area contributed by atoms with Gasteiger partial charge < -0.3 is 19.9 Å². The summed E-state index contributed by atoms with van der Waals surface area (Å²) >= 11 is 1.69. The van der Waals surface area contributed by atoms with Crippen molar-refractivity contribution in [1.29, 1.82) is 0 Å². The van der Waals surface area contributed by atoms with Crippen LogP contribution in [-0.2, 0) is 11.3 Å². The number of piperidine rings is 2. The van der Waals surface area contributed by atoms with Gasteiger partial charge in [-0.05, 0) is 38.5 Å². The maximum absolute atomic E-state index is 12.7. The largest absolute Gasteiger partial charge is 0.450 e. The number of carbonyl (C=O) groups excluding carboxylic acids is 2. The average molecular weight is 450 g/mol. The predicted molar refractivity (Wildman–Crippen MR) is 122 cm³/mol. The van der Waals surface area contributed by atoms with Crippen LogP contribution in [0.3, 0.4) is 0 Å². The average Bonchev–Trinajstić information content (AvgIpc) is 3.28. The van der Waals surface area contributed by atoms with Gasteiger partial charge in [0.05, 0.1) is 13.2 Å². The molecule has 0 radical (unpaired) electrons. The Hall–Kier alpha value is -2.13. The van der Waals surface area contributed by atoms with Crippen LogP contribution in [0, 0.1) is 5.92 Å². The molecule has 1 aromatic heterocycles. The van der Waals surface area contributed by atoms with Gasteiger partial charge in [0, 0.05) is 56.9 Å². The molecular formula is C22H35N5O3S. The Morgan fingerprint density at radius 1 is 1.26 bits per heavy atom. The molecular weight excluding hydrogens is 414 g/mol. The molecule has 0 bridgehead atoms. The van der Waals surface area contributed by atoms with Gasteiger partial charge in [-0.2, -0.15) is 0 Å². The molecule has 9 heteroatoms. The summed E-state index contributed by atoms with van der Waals surface area (Å²) in [7, 11) is 0. The van der Waals surface area contributed by atoms with Crippen LogP contribution in [0.5, 0.6) is 0 Å². The van der Waals surface area contributed by atoms with Gasteiger partial charge in [0.25, 0.3) is 0 Å². The lowest BCUT2D eigenvalue weighted by Crippen LogP contribution is -2.52. The lowest BCUT2D eigenvalue weighted by Gasteiger charge is -2.36. The summed E-state index contributed by atoms with van der Waals surface area (Å²) < 4.78 is 5.05. The highest BCUT2D eigenvalue weighted by molar-refractivity contribution is 7.09. The van der Waals surface area contributed by atoms with E-state index < -0.39 is 0 Å². The van der Waals surface area contributed by atoms with Gasteiger partial charge in [-0.3, -0.25) is 4.90 Å². The van der Waals surface area contributed by atoms with Crippen LogP contribution in [0.25, 0.3) is 0 Å². The van der Waals surface area contributed by atoms with Gasteiger partial charge in [-0.25, -0.2) is 14.6 Å². The van der Waals surface area contributed by atoms with Crippen molar-refractivity contribution in [2.45, 2.75) is 45.2 Å². The number of amides is 3. The number of aromatic nitrogens is 1. The number of carbonyl (C=O) groups is 2. The zero-order valence-electron chi connectivity index (χ0n) is 18.5. The Bertz CT molecular complexity index is 698. The molecule has 2 fully saturated rings. The Morgan fingerprint density at radius 3 is 2.58 bits per heavy atom. The van der Waals surface area contributed by atoms with Crippen molar-refractivity contribution in [3.8, 4) is 0 Å². The maximum Gasteiger partial charge on any atom is 0.409 e. The molecule has 172 valence electrons. The number of likely N-dealkylation sites (tertiary alicyclic amines) is 2. The number of nitrogens with one attached hydrogen (secondary N) is 1. The van der Waals surface area contributed by atoms with Gasteiger partial charge in [-0.1, -0.05) is 6.08 Å². The van der Waals surface area contributed by atoms with Gasteiger partial charge in [0.15, 0.2) is 0 Å². The number of urea groups is 1. The van der Waals surface area contributed by atoms with E-state index in [4.69, 9.17) is 4.74 Å². The van der Waals surface area contributed by atoms with Crippen molar-refractivity contribution in [2.24, 2.45) is 5.92 Å². The molecule has 0 atom stereocenters. The zero-order chi connectivity index (χ0) is 22.1. The first-order valence-corrected chi connectivity index (χ1v) is 12.2. The van der Waals surface area contributed by atoms with Crippen LogP contribution in [-0.4, -0.2) is 83.7 Å².